The molecule has 176 valence electrons. The van der Waals surface area contributed by atoms with Gasteiger partial charge < -0.3 is 13.9 Å². The van der Waals surface area contributed by atoms with E-state index in [2.05, 4.69) is 5.32 Å². The number of benzene rings is 2. The predicted molar refractivity (Wildman–Crippen MR) is 124 cm³/mol. The first-order chi connectivity index (χ1) is 16.3. The van der Waals surface area contributed by atoms with Gasteiger partial charge in [-0.1, -0.05) is 48.5 Å². The number of ether oxygens (including phenoxy) is 2. The van der Waals surface area contributed by atoms with Gasteiger partial charge in [0.15, 0.2) is 12.4 Å². The van der Waals surface area contributed by atoms with Gasteiger partial charge in [0.2, 0.25) is 5.88 Å². The third kappa shape index (κ3) is 5.78. The number of furan rings is 1. The summed E-state index contributed by atoms with van der Waals surface area (Å²) in [5.41, 5.74) is 2.00. The molecule has 0 bridgehead atoms. The monoisotopic (exact) mass is 463 g/mol. The van der Waals surface area contributed by atoms with Crippen molar-refractivity contribution in [3.05, 3.63) is 88.2 Å². The molecule has 0 atom stereocenters. The maximum Gasteiger partial charge on any atom is 0.344 e. The molecule has 34 heavy (non-hydrogen) atoms. The van der Waals surface area contributed by atoms with Crippen LogP contribution in [0.1, 0.15) is 61.8 Å². The summed E-state index contributed by atoms with van der Waals surface area (Å²) in [6, 6.07) is 16.6. The van der Waals surface area contributed by atoms with Crippen LogP contribution in [-0.4, -0.2) is 36.8 Å². The van der Waals surface area contributed by atoms with Gasteiger partial charge in [0.1, 0.15) is 11.3 Å². The van der Waals surface area contributed by atoms with Gasteiger partial charge in [0.25, 0.3) is 5.91 Å². The van der Waals surface area contributed by atoms with Crippen molar-refractivity contribution in [2.24, 2.45) is 0 Å². The molecule has 3 rings (SSSR count). The topological polar surface area (TPSA) is 112 Å². The molecule has 0 radical (unpaired) electrons. The predicted octanol–water partition coefficient (Wildman–Crippen LogP) is 4.35. The second-order valence-corrected chi connectivity index (χ2v) is 7.46. The summed E-state index contributed by atoms with van der Waals surface area (Å²) in [6.07, 6.45) is 0.528. The summed E-state index contributed by atoms with van der Waals surface area (Å²) in [6.45, 7) is 3.86. The molecule has 8 heteroatoms. The highest BCUT2D eigenvalue weighted by atomic mass is 16.5. The Morgan fingerprint density at radius 2 is 1.56 bits per heavy atom. The fraction of sp³-hybridized carbons (Fsp3) is 0.231. The Morgan fingerprint density at radius 3 is 2.24 bits per heavy atom. The highest BCUT2D eigenvalue weighted by molar-refractivity contribution is 6.10. The minimum atomic E-state index is -0.799. The van der Waals surface area contributed by atoms with Gasteiger partial charge in [-0.05, 0) is 44.4 Å². The van der Waals surface area contributed by atoms with Crippen molar-refractivity contribution in [3.8, 4) is 0 Å². The van der Waals surface area contributed by atoms with E-state index in [1.807, 2.05) is 42.5 Å². The molecule has 0 aliphatic heterocycles. The smallest absolute Gasteiger partial charge is 0.344 e. The zero-order chi connectivity index (χ0) is 24.7. The van der Waals surface area contributed by atoms with Crippen LogP contribution in [0.2, 0.25) is 0 Å². The fourth-order valence-electron chi connectivity index (χ4n) is 3.52. The number of nitrogens with one attached hydrogen (secondary N) is 1. The molecule has 1 heterocycles. The molecule has 0 unspecified atom stereocenters. The lowest BCUT2D eigenvalue weighted by Crippen LogP contribution is -2.22. The second kappa shape index (κ2) is 11.1. The van der Waals surface area contributed by atoms with E-state index >= 15 is 0 Å². The van der Waals surface area contributed by atoms with Gasteiger partial charge in [0.05, 0.1) is 17.7 Å². The normalized spacial score (nSPS) is 10.4. The van der Waals surface area contributed by atoms with E-state index in [1.165, 1.54) is 13.8 Å². The summed E-state index contributed by atoms with van der Waals surface area (Å²) < 4.78 is 15.6. The third-order valence-corrected chi connectivity index (χ3v) is 4.98. The van der Waals surface area contributed by atoms with E-state index in [9.17, 15) is 19.2 Å². The van der Waals surface area contributed by atoms with Crippen LogP contribution in [0, 0.1) is 6.92 Å². The van der Waals surface area contributed by atoms with Crippen LogP contribution in [0.15, 0.2) is 59.0 Å². The molecular formula is C26H25NO7. The molecule has 0 saturated heterocycles. The third-order valence-electron chi connectivity index (χ3n) is 4.98. The summed E-state index contributed by atoms with van der Waals surface area (Å²) >= 11 is 0. The van der Waals surface area contributed by atoms with Gasteiger partial charge >= 0.3 is 11.9 Å². The molecule has 2 aromatic carbocycles. The molecule has 0 aliphatic carbocycles. The SMILES string of the molecule is CCOC(=O)c1c(NC(=O)COC(=O)c2ccccc2Cc2ccccc2)oc(C)c1C(C)=O. The Kier molecular flexibility index (Phi) is 7.97. The van der Waals surface area contributed by atoms with Gasteiger partial charge in [-0.15, -0.1) is 0 Å². The molecule has 8 nitrogen and oxygen atoms in total. The van der Waals surface area contributed by atoms with Crippen molar-refractivity contribution >= 4 is 29.5 Å². The van der Waals surface area contributed by atoms with Crippen LogP contribution in [-0.2, 0) is 20.7 Å². The van der Waals surface area contributed by atoms with Crippen molar-refractivity contribution in [2.45, 2.75) is 27.2 Å². The van der Waals surface area contributed by atoms with Crippen molar-refractivity contribution in [3.63, 3.8) is 0 Å². The Morgan fingerprint density at radius 1 is 0.882 bits per heavy atom. The average molecular weight is 463 g/mol. The molecule has 1 N–H and O–H groups in total. The van der Waals surface area contributed by atoms with Crippen molar-refractivity contribution in [1.82, 2.24) is 0 Å². The lowest BCUT2D eigenvalue weighted by atomic mass is 10.00. The lowest BCUT2D eigenvalue weighted by molar-refractivity contribution is -0.119. The first-order valence-corrected chi connectivity index (χ1v) is 10.7. The Bertz CT molecular complexity index is 1210. The summed E-state index contributed by atoms with van der Waals surface area (Å²) in [5, 5.41) is 2.39. The number of anilines is 1. The lowest BCUT2D eigenvalue weighted by Gasteiger charge is -2.10. The van der Waals surface area contributed by atoms with Gasteiger partial charge in [-0.3, -0.25) is 14.9 Å². The molecule has 3 aromatic rings. The van der Waals surface area contributed by atoms with Crippen molar-refractivity contribution in [1.29, 1.82) is 0 Å². The number of hydrogen-bond acceptors (Lipinski definition) is 7. The van der Waals surface area contributed by atoms with E-state index in [-0.39, 0.29) is 29.4 Å². The Hall–Kier alpha value is -4.20. The van der Waals surface area contributed by atoms with Crippen LogP contribution in [0.3, 0.4) is 0 Å². The minimum absolute atomic E-state index is 0.0283. The number of rotatable bonds is 9. The average Bonchev–Trinajstić information content (AvgIpc) is 3.14. The summed E-state index contributed by atoms with van der Waals surface area (Å²) in [7, 11) is 0. The number of carbonyl (C=O) groups excluding carboxylic acids is 4. The summed E-state index contributed by atoms with van der Waals surface area (Å²) in [4.78, 5) is 49.5. The maximum atomic E-state index is 12.7. The number of ketones is 1. The van der Waals surface area contributed by atoms with Crippen molar-refractivity contribution in [2.75, 3.05) is 18.5 Å². The zero-order valence-electron chi connectivity index (χ0n) is 19.2. The number of amides is 1. The number of esters is 2. The first-order valence-electron chi connectivity index (χ1n) is 10.7. The standard InChI is InChI=1S/C26H25NO7/c1-4-32-26(31)23-22(16(2)28)17(3)34-24(23)27-21(29)15-33-25(30)20-13-9-8-12-19(20)14-18-10-6-5-7-11-18/h5-13H,4,14-15H2,1-3H3,(H,27,29). The number of Topliss-reactive ketones (excluding diaryl/α,β-unsaturated/α-hetero) is 1. The van der Waals surface area contributed by atoms with E-state index < -0.39 is 30.2 Å². The van der Waals surface area contributed by atoms with Crippen LogP contribution in [0.4, 0.5) is 5.88 Å². The summed E-state index contributed by atoms with van der Waals surface area (Å²) in [5.74, 6) is -2.67. The van der Waals surface area contributed by atoms with E-state index in [1.54, 1.807) is 19.1 Å². The molecule has 0 aliphatic rings. The number of hydrogen-bond donors (Lipinski definition) is 1. The van der Waals surface area contributed by atoms with Crippen LogP contribution < -0.4 is 5.32 Å². The quantitative estimate of drug-likeness (QED) is 0.371. The van der Waals surface area contributed by atoms with Gasteiger partial charge in [-0.2, -0.15) is 0 Å². The van der Waals surface area contributed by atoms with E-state index in [0.717, 1.165) is 11.1 Å². The minimum Gasteiger partial charge on any atom is -0.462 e. The molecule has 0 saturated carbocycles. The van der Waals surface area contributed by atoms with Gasteiger partial charge in [-0.25, -0.2) is 9.59 Å². The highest BCUT2D eigenvalue weighted by Gasteiger charge is 2.29. The number of carbonyl (C=O) groups is 4. The first kappa shape index (κ1) is 24.4. The zero-order valence-corrected chi connectivity index (χ0v) is 19.2. The molecule has 1 amide bonds. The van der Waals surface area contributed by atoms with E-state index in [4.69, 9.17) is 13.9 Å². The Balaban J connectivity index is 1.71. The van der Waals surface area contributed by atoms with Crippen LogP contribution in [0.25, 0.3) is 0 Å². The molecule has 0 spiro atoms. The molecule has 1 aromatic heterocycles. The highest BCUT2D eigenvalue weighted by Crippen LogP contribution is 2.28. The van der Waals surface area contributed by atoms with Crippen LogP contribution >= 0.6 is 0 Å². The van der Waals surface area contributed by atoms with Gasteiger partial charge in [0, 0.05) is 0 Å². The van der Waals surface area contributed by atoms with Crippen molar-refractivity contribution < 1.29 is 33.1 Å². The van der Waals surface area contributed by atoms with E-state index in [0.29, 0.717) is 12.0 Å². The fourth-order valence-corrected chi connectivity index (χ4v) is 3.52. The number of aryl methyl sites for hydroxylation is 1. The van der Waals surface area contributed by atoms with Crippen LogP contribution in [0.5, 0.6) is 0 Å². The maximum absolute atomic E-state index is 12.7. The largest absolute Gasteiger partial charge is 0.462 e. The Labute approximate surface area is 196 Å². The molecular weight excluding hydrogens is 438 g/mol. The second-order valence-electron chi connectivity index (χ2n) is 7.46. The molecule has 0 fully saturated rings.